The van der Waals surface area contributed by atoms with E-state index in [9.17, 15) is 0 Å². The van der Waals surface area contributed by atoms with E-state index in [2.05, 4.69) is 196 Å². The van der Waals surface area contributed by atoms with Crippen molar-refractivity contribution in [1.82, 2.24) is 0 Å². The van der Waals surface area contributed by atoms with Crippen LogP contribution in [0.5, 0.6) is 0 Å². The van der Waals surface area contributed by atoms with Crippen molar-refractivity contribution in [2.75, 3.05) is 4.90 Å². The Morgan fingerprint density at radius 1 is 0.340 bits per heavy atom. The molecule has 0 fully saturated rings. The van der Waals surface area contributed by atoms with Crippen molar-refractivity contribution in [3.8, 4) is 22.3 Å². The maximum atomic E-state index is 2.42. The van der Waals surface area contributed by atoms with Gasteiger partial charge in [0.15, 0.2) is 0 Å². The molecule has 0 aliphatic heterocycles. The van der Waals surface area contributed by atoms with Gasteiger partial charge in [-0.2, -0.15) is 0 Å². The number of benzene rings is 9. The van der Waals surface area contributed by atoms with E-state index < -0.39 is 0 Å². The molecule has 2 aliphatic rings. The zero-order valence-electron chi connectivity index (χ0n) is 30.5. The average molecular weight is 678 g/mol. The van der Waals surface area contributed by atoms with E-state index in [1.807, 2.05) is 0 Å². The molecular weight excluding hydrogens is 639 g/mol. The minimum absolute atomic E-state index is 0.109. The highest BCUT2D eigenvalue weighted by Gasteiger charge is 2.37. The summed E-state index contributed by atoms with van der Waals surface area (Å²) in [6.07, 6.45) is 0. The van der Waals surface area contributed by atoms with Gasteiger partial charge >= 0.3 is 0 Å². The van der Waals surface area contributed by atoms with Gasteiger partial charge in [0.05, 0.1) is 0 Å². The first kappa shape index (κ1) is 30.4. The molecule has 0 saturated carbocycles. The molecule has 0 radical (unpaired) electrons. The third-order valence-electron chi connectivity index (χ3n) is 12.5. The summed E-state index contributed by atoms with van der Waals surface area (Å²) < 4.78 is 0. The fourth-order valence-electron chi connectivity index (χ4n) is 10.1. The van der Waals surface area contributed by atoms with Crippen molar-refractivity contribution in [2.24, 2.45) is 0 Å². The van der Waals surface area contributed by atoms with Crippen LogP contribution in [0.1, 0.15) is 49.9 Å². The lowest BCUT2D eigenvalue weighted by molar-refractivity contribution is 0.664. The summed E-state index contributed by atoms with van der Waals surface area (Å²) in [5.74, 6) is 0. The topological polar surface area (TPSA) is 3.24 Å². The van der Waals surface area contributed by atoms with Gasteiger partial charge in [0.1, 0.15) is 0 Å². The van der Waals surface area contributed by atoms with Gasteiger partial charge in [0, 0.05) is 27.9 Å². The molecular formula is C52H39N. The second-order valence-electron chi connectivity index (χ2n) is 16.1. The summed E-state index contributed by atoms with van der Waals surface area (Å²) in [5.41, 5.74) is 14.0. The maximum Gasteiger partial charge on any atom is 0.0467 e. The number of anilines is 3. The lowest BCUT2D eigenvalue weighted by atomic mass is 9.78. The Hall–Kier alpha value is -6.18. The molecule has 0 atom stereocenters. The molecule has 0 aromatic heterocycles. The zero-order valence-corrected chi connectivity index (χ0v) is 30.5. The third kappa shape index (κ3) is 4.14. The highest BCUT2D eigenvalue weighted by atomic mass is 15.1. The van der Waals surface area contributed by atoms with Crippen LogP contribution in [0.25, 0.3) is 65.3 Å². The molecule has 0 heterocycles. The van der Waals surface area contributed by atoms with Crippen LogP contribution in [0.15, 0.2) is 164 Å². The van der Waals surface area contributed by atoms with Gasteiger partial charge in [0.25, 0.3) is 0 Å². The number of para-hydroxylation sites is 1. The summed E-state index contributed by atoms with van der Waals surface area (Å²) in [4.78, 5) is 2.42. The predicted molar refractivity (Wildman–Crippen MR) is 226 cm³/mol. The van der Waals surface area contributed by atoms with Gasteiger partial charge in [-0.25, -0.2) is 0 Å². The van der Waals surface area contributed by atoms with E-state index in [-0.39, 0.29) is 10.8 Å². The molecule has 9 aromatic rings. The van der Waals surface area contributed by atoms with Gasteiger partial charge < -0.3 is 4.90 Å². The normalized spacial score (nSPS) is 14.7. The maximum absolute atomic E-state index is 2.42. The van der Waals surface area contributed by atoms with E-state index in [4.69, 9.17) is 0 Å². The van der Waals surface area contributed by atoms with Crippen molar-refractivity contribution in [1.29, 1.82) is 0 Å². The summed E-state index contributed by atoms with van der Waals surface area (Å²) in [6, 6.07) is 61.2. The number of hydrogen-bond acceptors (Lipinski definition) is 1. The summed E-state index contributed by atoms with van der Waals surface area (Å²) in [7, 11) is 0. The molecule has 0 unspecified atom stereocenters. The van der Waals surface area contributed by atoms with Crippen LogP contribution < -0.4 is 4.90 Å². The Bertz CT molecular complexity index is 2810. The van der Waals surface area contributed by atoms with E-state index in [0.717, 1.165) is 17.1 Å². The smallest absolute Gasteiger partial charge is 0.0467 e. The zero-order chi connectivity index (χ0) is 35.6. The number of rotatable bonds is 5. The molecule has 0 bridgehead atoms. The fourth-order valence-corrected chi connectivity index (χ4v) is 10.1. The molecule has 0 amide bonds. The van der Waals surface area contributed by atoms with E-state index in [0.29, 0.717) is 0 Å². The second kappa shape index (κ2) is 10.7. The fraction of sp³-hybridized carbons (Fsp3) is 0.115. The van der Waals surface area contributed by atoms with Crippen LogP contribution in [0.2, 0.25) is 0 Å². The monoisotopic (exact) mass is 677 g/mol. The SMILES string of the molecule is CC1(C)c2cccc3ccc4ccc(-c5cccc(N(c6ccccc6)c6cccc(-c7ccc8ccc9cccc%10c9c8c7C%10(C)C)c6)c5)c1c4c23. The number of nitrogens with zero attached hydrogens (tertiary/aromatic N) is 1. The van der Waals surface area contributed by atoms with Gasteiger partial charge in [-0.3, -0.25) is 0 Å². The molecule has 1 nitrogen and oxygen atoms in total. The second-order valence-corrected chi connectivity index (χ2v) is 16.1. The van der Waals surface area contributed by atoms with Gasteiger partial charge in [-0.05, 0) is 124 Å². The first-order chi connectivity index (χ1) is 25.8. The molecule has 1 heteroatoms. The molecule has 53 heavy (non-hydrogen) atoms. The first-order valence-corrected chi connectivity index (χ1v) is 18.9. The summed E-state index contributed by atoms with van der Waals surface area (Å²) in [6.45, 7) is 9.59. The van der Waals surface area contributed by atoms with Crippen molar-refractivity contribution in [3.05, 3.63) is 186 Å². The van der Waals surface area contributed by atoms with Gasteiger partial charge in [-0.15, -0.1) is 0 Å². The highest BCUT2D eigenvalue weighted by molar-refractivity contribution is 6.18. The molecule has 0 N–H and O–H groups in total. The van der Waals surface area contributed by atoms with E-state index >= 15 is 0 Å². The van der Waals surface area contributed by atoms with Crippen molar-refractivity contribution < 1.29 is 0 Å². The van der Waals surface area contributed by atoms with Crippen LogP contribution in [0.3, 0.4) is 0 Å². The predicted octanol–water partition coefficient (Wildman–Crippen LogP) is 14.4. The Labute approximate surface area is 310 Å². The van der Waals surface area contributed by atoms with Crippen LogP contribution in [-0.4, -0.2) is 0 Å². The minimum atomic E-state index is -0.109. The average Bonchev–Trinajstić information content (AvgIpc) is 3.59. The van der Waals surface area contributed by atoms with E-state index in [1.54, 1.807) is 0 Å². The standard InChI is InChI=1S/C52H39N/c1-51(2)43-20-10-12-32-22-24-34-26-28-41(49(51)47(34)45(32)43)36-14-8-18-39(30-36)53(38-16-6-5-7-17-38)40-19-9-15-37(31-40)42-29-27-35-25-23-33-13-11-21-44-46(33)48(35)50(42)52(44,3)4/h5-31H,1-4H3. The molecule has 252 valence electrons. The quantitative estimate of drug-likeness (QED) is 0.164. The molecule has 11 rings (SSSR count). The van der Waals surface area contributed by atoms with Crippen LogP contribution in [-0.2, 0) is 10.8 Å². The largest absolute Gasteiger partial charge is 0.310 e. The first-order valence-electron chi connectivity index (χ1n) is 18.9. The van der Waals surface area contributed by atoms with Crippen LogP contribution >= 0.6 is 0 Å². The van der Waals surface area contributed by atoms with Gasteiger partial charge in [0.2, 0.25) is 0 Å². The molecule has 9 aromatic carbocycles. The summed E-state index contributed by atoms with van der Waals surface area (Å²) in [5, 5.41) is 10.9. The van der Waals surface area contributed by atoms with Crippen molar-refractivity contribution >= 4 is 60.2 Å². The minimum Gasteiger partial charge on any atom is -0.310 e. The Morgan fingerprint density at radius 3 is 1.21 bits per heavy atom. The molecule has 0 spiro atoms. The van der Waals surface area contributed by atoms with Crippen molar-refractivity contribution in [3.63, 3.8) is 0 Å². The van der Waals surface area contributed by atoms with E-state index in [1.165, 1.54) is 87.6 Å². The summed E-state index contributed by atoms with van der Waals surface area (Å²) >= 11 is 0. The Balaban J connectivity index is 1.09. The lowest BCUT2D eigenvalue weighted by Crippen LogP contribution is -2.17. The number of hydrogen-bond donors (Lipinski definition) is 0. The van der Waals surface area contributed by atoms with Crippen LogP contribution in [0, 0.1) is 0 Å². The van der Waals surface area contributed by atoms with Crippen molar-refractivity contribution in [2.45, 2.75) is 38.5 Å². The highest BCUT2D eigenvalue weighted by Crippen LogP contribution is 2.54. The lowest BCUT2D eigenvalue weighted by Gasteiger charge is -2.28. The third-order valence-corrected chi connectivity index (χ3v) is 12.5. The Morgan fingerprint density at radius 2 is 0.736 bits per heavy atom. The molecule has 2 aliphatic carbocycles. The van der Waals surface area contributed by atoms with Crippen LogP contribution in [0.4, 0.5) is 17.1 Å². The Kier molecular flexibility index (Phi) is 6.14. The molecule has 0 saturated heterocycles. The van der Waals surface area contributed by atoms with Gasteiger partial charge in [-0.1, -0.05) is 155 Å².